The monoisotopic (exact) mass is 441 g/mol. The molecule has 0 fully saturated rings. The van der Waals surface area contributed by atoms with Crippen molar-refractivity contribution in [1.82, 2.24) is 14.8 Å². The minimum Gasteiger partial charge on any atom is -0.335 e. The quantitative estimate of drug-likeness (QED) is 0.432. The van der Waals surface area contributed by atoms with E-state index in [9.17, 15) is 14.4 Å². The Hall–Kier alpha value is -3.84. The van der Waals surface area contributed by atoms with Crippen LogP contribution < -0.4 is 0 Å². The first-order valence-electron chi connectivity index (χ1n) is 10.2. The molecule has 1 aliphatic heterocycles. The van der Waals surface area contributed by atoms with Gasteiger partial charge in [0.05, 0.1) is 34.4 Å². The highest BCUT2D eigenvalue weighted by atomic mass is 32.1. The molecule has 0 atom stereocenters. The van der Waals surface area contributed by atoms with E-state index in [0.29, 0.717) is 23.2 Å². The summed E-state index contributed by atoms with van der Waals surface area (Å²) in [4.78, 5) is 45.4. The zero-order chi connectivity index (χ0) is 22.2. The number of para-hydroxylation sites is 1. The summed E-state index contributed by atoms with van der Waals surface area (Å²) in [5, 5.41) is 0.879. The molecule has 158 valence electrons. The van der Waals surface area contributed by atoms with Crippen LogP contribution >= 0.6 is 11.3 Å². The Balaban J connectivity index is 1.26. The predicted octanol–water partition coefficient (Wildman–Crippen LogP) is 4.36. The van der Waals surface area contributed by atoms with Gasteiger partial charge in [0.25, 0.3) is 17.7 Å². The predicted molar refractivity (Wildman–Crippen MR) is 123 cm³/mol. The van der Waals surface area contributed by atoms with Crippen LogP contribution in [0.3, 0.4) is 0 Å². The second-order valence-electron chi connectivity index (χ2n) is 7.68. The van der Waals surface area contributed by atoms with Crippen molar-refractivity contribution in [3.05, 3.63) is 100 Å². The zero-order valence-corrected chi connectivity index (χ0v) is 18.1. The number of benzene rings is 3. The second-order valence-corrected chi connectivity index (χ2v) is 8.79. The molecule has 3 amide bonds. The molecular formula is C25H19N3O3S. The number of thiazole rings is 1. The molecule has 0 spiro atoms. The first-order valence-corrected chi connectivity index (χ1v) is 11.0. The van der Waals surface area contributed by atoms with Gasteiger partial charge < -0.3 is 4.90 Å². The molecule has 6 nitrogen and oxygen atoms in total. The van der Waals surface area contributed by atoms with Crippen LogP contribution in [0.5, 0.6) is 0 Å². The molecule has 0 unspecified atom stereocenters. The fourth-order valence-electron chi connectivity index (χ4n) is 3.80. The summed E-state index contributed by atoms with van der Waals surface area (Å²) in [5.74, 6) is -0.695. The van der Waals surface area contributed by atoms with E-state index in [4.69, 9.17) is 0 Å². The summed E-state index contributed by atoms with van der Waals surface area (Å²) in [7, 11) is 1.75. The van der Waals surface area contributed by atoms with E-state index in [-0.39, 0.29) is 24.3 Å². The highest BCUT2D eigenvalue weighted by Crippen LogP contribution is 2.25. The van der Waals surface area contributed by atoms with Gasteiger partial charge in [0.2, 0.25) is 0 Å². The van der Waals surface area contributed by atoms with Gasteiger partial charge in [-0.3, -0.25) is 19.3 Å². The molecule has 0 radical (unpaired) electrons. The summed E-state index contributed by atoms with van der Waals surface area (Å²) in [6.45, 7) is 0.595. The minimum atomic E-state index is -0.290. The lowest BCUT2D eigenvalue weighted by Crippen LogP contribution is -2.29. The summed E-state index contributed by atoms with van der Waals surface area (Å²) in [5.41, 5.74) is 3.12. The molecule has 0 N–H and O–H groups in total. The van der Waals surface area contributed by atoms with Gasteiger partial charge in [-0.2, -0.15) is 0 Å². The molecule has 1 aromatic heterocycles. The summed E-state index contributed by atoms with van der Waals surface area (Å²) >= 11 is 1.58. The fourth-order valence-corrected chi connectivity index (χ4v) is 4.82. The van der Waals surface area contributed by atoms with Crippen molar-refractivity contribution < 1.29 is 14.4 Å². The molecule has 0 saturated carbocycles. The Bertz CT molecular complexity index is 1290. The molecule has 5 rings (SSSR count). The third-order valence-corrected chi connectivity index (χ3v) is 6.50. The Labute approximate surface area is 188 Å². The largest absolute Gasteiger partial charge is 0.335 e. The van der Waals surface area contributed by atoms with E-state index in [1.165, 1.54) is 4.90 Å². The van der Waals surface area contributed by atoms with Gasteiger partial charge in [0.15, 0.2) is 0 Å². The lowest BCUT2D eigenvalue weighted by atomic mass is 10.1. The lowest BCUT2D eigenvalue weighted by molar-refractivity contribution is 0.0641. The molecule has 0 saturated heterocycles. The highest BCUT2D eigenvalue weighted by molar-refractivity contribution is 7.18. The molecule has 3 aromatic carbocycles. The van der Waals surface area contributed by atoms with E-state index in [2.05, 4.69) is 4.98 Å². The van der Waals surface area contributed by atoms with Gasteiger partial charge in [-0.05, 0) is 42.0 Å². The summed E-state index contributed by atoms with van der Waals surface area (Å²) in [6, 6.07) is 21.7. The normalized spacial score (nSPS) is 13.0. The van der Waals surface area contributed by atoms with Gasteiger partial charge in [-0.1, -0.05) is 36.4 Å². The molecule has 0 bridgehead atoms. The molecule has 2 heterocycles. The van der Waals surface area contributed by atoms with Crippen LogP contribution in [-0.4, -0.2) is 39.6 Å². The van der Waals surface area contributed by atoms with E-state index in [1.807, 2.05) is 24.3 Å². The number of fused-ring (bicyclic) bond motifs is 2. The average molecular weight is 442 g/mol. The van der Waals surface area contributed by atoms with Crippen LogP contribution in [0.1, 0.15) is 41.6 Å². The third kappa shape index (κ3) is 3.56. The number of carbonyl (C=O) groups excluding carboxylic acids is 3. The molecule has 32 heavy (non-hydrogen) atoms. The van der Waals surface area contributed by atoms with Crippen LogP contribution in [0, 0.1) is 0 Å². The maximum Gasteiger partial charge on any atom is 0.261 e. The SMILES string of the molecule is CN(Cc1nc2ccccc2s1)C(=O)c1ccc(CN2C(=O)c3ccccc3C2=O)cc1. The third-order valence-electron chi connectivity index (χ3n) is 5.48. The summed E-state index contributed by atoms with van der Waals surface area (Å²) < 4.78 is 1.10. The number of nitrogens with zero attached hydrogens (tertiary/aromatic N) is 3. The smallest absolute Gasteiger partial charge is 0.261 e. The molecule has 4 aromatic rings. The number of aromatic nitrogens is 1. The average Bonchev–Trinajstić information content (AvgIpc) is 3.33. The van der Waals surface area contributed by atoms with Crippen molar-refractivity contribution >= 4 is 39.3 Å². The van der Waals surface area contributed by atoms with Crippen LogP contribution in [-0.2, 0) is 13.1 Å². The first kappa shape index (κ1) is 20.1. The van der Waals surface area contributed by atoms with E-state index in [1.54, 1.807) is 71.8 Å². The summed E-state index contributed by atoms with van der Waals surface area (Å²) in [6.07, 6.45) is 0. The standard InChI is InChI=1S/C25H19N3O3S/c1-27(15-22-26-20-8-4-5-9-21(20)32-22)23(29)17-12-10-16(11-13-17)14-28-24(30)18-6-2-3-7-19(18)25(28)31/h2-13H,14-15H2,1H3. The van der Waals surface area contributed by atoms with Crippen LogP contribution in [0.15, 0.2) is 72.8 Å². The van der Waals surface area contributed by atoms with Crippen molar-refractivity contribution in [3.8, 4) is 0 Å². The molecule has 0 aliphatic carbocycles. The number of carbonyl (C=O) groups is 3. The van der Waals surface area contributed by atoms with Crippen molar-refractivity contribution in [2.24, 2.45) is 0 Å². The second kappa shape index (κ2) is 8.01. The molecule has 7 heteroatoms. The van der Waals surface area contributed by atoms with Gasteiger partial charge in [0, 0.05) is 12.6 Å². The van der Waals surface area contributed by atoms with Crippen LogP contribution in [0.25, 0.3) is 10.2 Å². The Morgan fingerprint density at radius 1 is 0.906 bits per heavy atom. The number of imide groups is 1. The van der Waals surface area contributed by atoms with Crippen molar-refractivity contribution in [2.45, 2.75) is 13.1 Å². The van der Waals surface area contributed by atoms with Gasteiger partial charge >= 0.3 is 0 Å². The van der Waals surface area contributed by atoms with Crippen molar-refractivity contribution in [2.75, 3.05) is 7.05 Å². The number of amides is 3. The van der Waals surface area contributed by atoms with E-state index >= 15 is 0 Å². The van der Waals surface area contributed by atoms with Crippen molar-refractivity contribution in [3.63, 3.8) is 0 Å². The highest BCUT2D eigenvalue weighted by Gasteiger charge is 2.34. The minimum absolute atomic E-state index is 0.114. The van der Waals surface area contributed by atoms with E-state index in [0.717, 1.165) is 20.8 Å². The zero-order valence-electron chi connectivity index (χ0n) is 17.3. The Kier molecular flexibility index (Phi) is 5.03. The maximum absolute atomic E-state index is 12.9. The van der Waals surface area contributed by atoms with Gasteiger partial charge in [-0.25, -0.2) is 4.98 Å². The first-order chi connectivity index (χ1) is 15.5. The number of hydrogen-bond acceptors (Lipinski definition) is 5. The van der Waals surface area contributed by atoms with E-state index < -0.39 is 0 Å². The van der Waals surface area contributed by atoms with Crippen LogP contribution in [0.4, 0.5) is 0 Å². The Morgan fingerprint density at radius 3 is 2.19 bits per heavy atom. The van der Waals surface area contributed by atoms with Gasteiger partial charge in [-0.15, -0.1) is 11.3 Å². The topological polar surface area (TPSA) is 70.6 Å². The maximum atomic E-state index is 12.9. The molecular weight excluding hydrogens is 422 g/mol. The number of rotatable bonds is 5. The fraction of sp³-hybridized carbons (Fsp3) is 0.120. The Morgan fingerprint density at radius 2 is 1.53 bits per heavy atom. The van der Waals surface area contributed by atoms with Crippen LogP contribution in [0.2, 0.25) is 0 Å². The molecule has 1 aliphatic rings. The van der Waals surface area contributed by atoms with Gasteiger partial charge in [0.1, 0.15) is 5.01 Å². The van der Waals surface area contributed by atoms with Crippen molar-refractivity contribution in [1.29, 1.82) is 0 Å². The lowest BCUT2D eigenvalue weighted by Gasteiger charge is -2.17. The number of hydrogen-bond donors (Lipinski definition) is 0.